The van der Waals surface area contributed by atoms with E-state index in [2.05, 4.69) is 4.74 Å². The predicted octanol–water partition coefficient (Wildman–Crippen LogP) is 1.99. The fourth-order valence-corrected chi connectivity index (χ4v) is 1.03. The minimum absolute atomic E-state index is 0.205. The van der Waals surface area contributed by atoms with Crippen molar-refractivity contribution in [3.05, 3.63) is 48.0 Å². The van der Waals surface area contributed by atoms with Crippen molar-refractivity contribution in [2.75, 3.05) is 6.61 Å². The fraction of sp³-hybridized carbons (Fsp3) is 0.167. The van der Waals surface area contributed by atoms with Crippen LogP contribution in [0.2, 0.25) is 0 Å². The third-order valence-corrected chi connectivity index (χ3v) is 1.72. The van der Waals surface area contributed by atoms with Crippen molar-refractivity contribution in [1.29, 1.82) is 0 Å². The smallest absolute Gasteiger partial charge is 0.330 e. The molecule has 15 heavy (non-hydrogen) atoms. The molecule has 0 aliphatic rings. The van der Waals surface area contributed by atoms with Gasteiger partial charge < -0.3 is 4.74 Å². The van der Waals surface area contributed by atoms with Crippen LogP contribution in [-0.4, -0.2) is 18.4 Å². The summed E-state index contributed by atoms with van der Waals surface area (Å²) in [7, 11) is 0. The molecule has 1 rings (SSSR count). The summed E-state index contributed by atoms with van der Waals surface area (Å²) in [4.78, 5) is 22.4. The zero-order chi connectivity index (χ0) is 11.1. The van der Waals surface area contributed by atoms with E-state index >= 15 is 0 Å². The van der Waals surface area contributed by atoms with Gasteiger partial charge in [-0.05, 0) is 13.0 Å². The first-order valence-electron chi connectivity index (χ1n) is 4.68. The van der Waals surface area contributed by atoms with E-state index < -0.39 is 5.97 Å². The molecule has 0 aliphatic heterocycles. The molecule has 0 aromatic heterocycles. The molecule has 0 amide bonds. The van der Waals surface area contributed by atoms with E-state index in [0.717, 1.165) is 6.08 Å². The Morgan fingerprint density at radius 1 is 1.20 bits per heavy atom. The summed E-state index contributed by atoms with van der Waals surface area (Å²) in [6, 6.07) is 8.75. The van der Waals surface area contributed by atoms with Crippen LogP contribution in [0, 0.1) is 0 Å². The number of ketones is 1. The summed E-state index contributed by atoms with van der Waals surface area (Å²) in [6.07, 6.45) is 2.35. The number of carbonyl (C=O) groups excluding carboxylic acids is 2. The van der Waals surface area contributed by atoms with E-state index in [-0.39, 0.29) is 5.78 Å². The minimum Gasteiger partial charge on any atom is -0.463 e. The second-order valence-corrected chi connectivity index (χ2v) is 2.82. The van der Waals surface area contributed by atoms with Crippen LogP contribution in [-0.2, 0) is 9.53 Å². The second-order valence-electron chi connectivity index (χ2n) is 2.82. The van der Waals surface area contributed by atoms with Crippen molar-refractivity contribution in [2.45, 2.75) is 6.92 Å². The molecule has 1 aromatic carbocycles. The first-order chi connectivity index (χ1) is 7.24. The topological polar surface area (TPSA) is 43.4 Å². The Labute approximate surface area is 88.4 Å². The largest absolute Gasteiger partial charge is 0.463 e. The standard InChI is InChI=1S/C12H12O3/c1-2-15-12(14)9-8-11(13)10-6-4-3-5-7-10/h3-9H,2H2,1H3/b9-8-. The quantitative estimate of drug-likeness (QED) is 0.428. The number of benzene rings is 1. The summed E-state index contributed by atoms with van der Waals surface area (Å²) >= 11 is 0. The average molecular weight is 204 g/mol. The Balaban J connectivity index is 2.60. The van der Waals surface area contributed by atoms with Gasteiger partial charge in [0.1, 0.15) is 0 Å². The zero-order valence-electron chi connectivity index (χ0n) is 8.47. The molecule has 0 bridgehead atoms. The van der Waals surface area contributed by atoms with Gasteiger partial charge in [-0.2, -0.15) is 0 Å². The van der Waals surface area contributed by atoms with Gasteiger partial charge in [0, 0.05) is 11.6 Å². The third-order valence-electron chi connectivity index (χ3n) is 1.72. The Morgan fingerprint density at radius 3 is 2.47 bits per heavy atom. The molecule has 0 aliphatic carbocycles. The molecular weight excluding hydrogens is 192 g/mol. The van der Waals surface area contributed by atoms with Crippen molar-refractivity contribution in [1.82, 2.24) is 0 Å². The number of hydrogen-bond donors (Lipinski definition) is 0. The van der Waals surface area contributed by atoms with Crippen LogP contribution in [0.15, 0.2) is 42.5 Å². The Morgan fingerprint density at radius 2 is 1.87 bits per heavy atom. The van der Waals surface area contributed by atoms with Gasteiger partial charge in [-0.1, -0.05) is 30.3 Å². The molecule has 0 fully saturated rings. The molecule has 78 valence electrons. The molecular formula is C12H12O3. The number of ether oxygens (including phenoxy) is 1. The summed E-state index contributed by atoms with van der Waals surface area (Å²) in [5.74, 6) is -0.703. The summed E-state index contributed by atoms with van der Waals surface area (Å²) in [5, 5.41) is 0. The molecule has 0 N–H and O–H groups in total. The predicted molar refractivity (Wildman–Crippen MR) is 56.5 cm³/mol. The number of hydrogen-bond acceptors (Lipinski definition) is 3. The van der Waals surface area contributed by atoms with Crippen LogP contribution in [0.1, 0.15) is 17.3 Å². The van der Waals surface area contributed by atoms with Gasteiger partial charge in [0.15, 0.2) is 5.78 Å². The summed E-state index contributed by atoms with van der Waals surface area (Å²) in [5.41, 5.74) is 0.554. The molecule has 3 nitrogen and oxygen atoms in total. The highest BCUT2D eigenvalue weighted by Crippen LogP contribution is 2.00. The summed E-state index contributed by atoms with van der Waals surface area (Å²) in [6.45, 7) is 2.02. The second kappa shape index (κ2) is 5.75. The number of rotatable bonds is 4. The van der Waals surface area contributed by atoms with Crippen LogP contribution in [0.4, 0.5) is 0 Å². The van der Waals surface area contributed by atoms with E-state index in [9.17, 15) is 9.59 Å². The van der Waals surface area contributed by atoms with E-state index in [1.54, 1.807) is 31.2 Å². The zero-order valence-corrected chi connectivity index (χ0v) is 8.47. The highest BCUT2D eigenvalue weighted by Gasteiger charge is 2.01. The van der Waals surface area contributed by atoms with Crippen LogP contribution in [0.3, 0.4) is 0 Å². The van der Waals surface area contributed by atoms with E-state index in [1.165, 1.54) is 6.08 Å². The molecule has 0 radical (unpaired) electrons. The van der Waals surface area contributed by atoms with Gasteiger partial charge >= 0.3 is 5.97 Å². The molecule has 0 heterocycles. The van der Waals surface area contributed by atoms with E-state index in [1.807, 2.05) is 6.07 Å². The minimum atomic E-state index is -0.498. The maximum atomic E-state index is 11.5. The first kappa shape index (κ1) is 11.2. The van der Waals surface area contributed by atoms with Crippen LogP contribution >= 0.6 is 0 Å². The fourth-order valence-electron chi connectivity index (χ4n) is 1.03. The molecule has 0 saturated carbocycles. The van der Waals surface area contributed by atoms with Gasteiger partial charge in [0.25, 0.3) is 0 Å². The van der Waals surface area contributed by atoms with Gasteiger partial charge in [-0.15, -0.1) is 0 Å². The van der Waals surface area contributed by atoms with Crippen molar-refractivity contribution in [2.24, 2.45) is 0 Å². The molecule has 0 spiro atoms. The SMILES string of the molecule is CCOC(=O)/C=C\C(=O)c1ccccc1. The van der Waals surface area contributed by atoms with Gasteiger partial charge in [-0.25, -0.2) is 4.79 Å². The number of allylic oxidation sites excluding steroid dienone is 1. The van der Waals surface area contributed by atoms with Crippen molar-refractivity contribution in [3.8, 4) is 0 Å². The lowest BCUT2D eigenvalue weighted by Gasteiger charge is -1.95. The maximum Gasteiger partial charge on any atom is 0.330 e. The molecule has 0 atom stereocenters. The Kier molecular flexibility index (Phi) is 4.29. The van der Waals surface area contributed by atoms with Crippen LogP contribution in [0.25, 0.3) is 0 Å². The normalized spacial score (nSPS) is 10.2. The molecule has 0 unspecified atom stereocenters. The highest BCUT2D eigenvalue weighted by atomic mass is 16.5. The molecule has 3 heteroatoms. The molecule has 1 aromatic rings. The van der Waals surface area contributed by atoms with Gasteiger partial charge in [0.2, 0.25) is 0 Å². The van der Waals surface area contributed by atoms with Crippen molar-refractivity contribution >= 4 is 11.8 Å². The van der Waals surface area contributed by atoms with E-state index in [0.29, 0.717) is 12.2 Å². The first-order valence-corrected chi connectivity index (χ1v) is 4.68. The van der Waals surface area contributed by atoms with E-state index in [4.69, 9.17) is 0 Å². The Hall–Kier alpha value is -1.90. The van der Waals surface area contributed by atoms with Crippen LogP contribution in [0.5, 0.6) is 0 Å². The average Bonchev–Trinajstić information content (AvgIpc) is 2.27. The van der Waals surface area contributed by atoms with Crippen molar-refractivity contribution in [3.63, 3.8) is 0 Å². The van der Waals surface area contributed by atoms with Gasteiger partial charge in [-0.3, -0.25) is 4.79 Å². The Bertz CT molecular complexity index is 366. The maximum absolute atomic E-state index is 11.5. The highest BCUT2D eigenvalue weighted by molar-refractivity contribution is 6.06. The number of carbonyl (C=O) groups is 2. The lowest BCUT2D eigenvalue weighted by atomic mass is 10.1. The summed E-state index contributed by atoms with van der Waals surface area (Å²) < 4.78 is 4.65. The monoisotopic (exact) mass is 204 g/mol. The molecule has 0 saturated heterocycles. The van der Waals surface area contributed by atoms with Crippen molar-refractivity contribution < 1.29 is 14.3 Å². The third kappa shape index (κ3) is 3.77. The number of esters is 1. The van der Waals surface area contributed by atoms with Gasteiger partial charge in [0.05, 0.1) is 6.61 Å². The lowest BCUT2D eigenvalue weighted by Crippen LogP contribution is -2.01. The van der Waals surface area contributed by atoms with Crippen LogP contribution < -0.4 is 0 Å². The lowest BCUT2D eigenvalue weighted by molar-refractivity contribution is -0.137.